The number of aromatic nitrogens is 3. The predicted molar refractivity (Wildman–Crippen MR) is 126 cm³/mol. The molecular weight excluding hydrogens is 415 g/mol. The second-order valence-electron chi connectivity index (χ2n) is 10.8. The van der Waals surface area contributed by atoms with Crippen LogP contribution in [0.25, 0.3) is 0 Å². The monoisotopic (exact) mass is 450 g/mol. The van der Waals surface area contributed by atoms with E-state index in [1.54, 1.807) is 12.1 Å². The zero-order valence-electron chi connectivity index (χ0n) is 19.5. The van der Waals surface area contributed by atoms with Crippen LogP contribution >= 0.6 is 0 Å². The summed E-state index contributed by atoms with van der Waals surface area (Å²) in [5.41, 5.74) is 0.534. The molecule has 3 aliphatic carbocycles. The minimum atomic E-state index is -0.315. The maximum absolute atomic E-state index is 13.9. The van der Waals surface area contributed by atoms with Crippen LogP contribution in [0, 0.1) is 11.7 Å². The fourth-order valence-corrected chi connectivity index (χ4v) is 7.38. The van der Waals surface area contributed by atoms with Crippen LogP contribution in [0.15, 0.2) is 24.3 Å². The number of nitrogens with zero attached hydrogens (tertiary/aromatic N) is 4. The molecule has 1 aromatic carbocycles. The maximum atomic E-state index is 13.9. The van der Waals surface area contributed by atoms with E-state index in [0.717, 1.165) is 56.7 Å². The molecule has 3 fully saturated rings. The summed E-state index contributed by atoms with van der Waals surface area (Å²) in [6.45, 7) is 0. The Kier molecular flexibility index (Phi) is 5.50. The lowest BCUT2D eigenvalue weighted by molar-refractivity contribution is 0.0309. The van der Waals surface area contributed by atoms with E-state index in [-0.39, 0.29) is 23.3 Å². The Hall–Kier alpha value is -2.24. The molecule has 2 heterocycles. The minimum absolute atomic E-state index is 0.00182. The summed E-state index contributed by atoms with van der Waals surface area (Å²) in [5, 5.41) is 5.23. The van der Waals surface area contributed by atoms with Crippen molar-refractivity contribution in [1.29, 1.82) is 0 Å². The Bertz CT molecular complexity index is 1000. The van der Waals surface area contributed by atoms with Crippen LogP contribution in [0.5, 0.6) is 0 Å². The lowest BCUT2D eigenvalue weighted by atomic mass is 9.64. The van der Waals surface area contributed by atoms with Crippen LogP contribution in [0.2, 0.25) is 0 Å². The molecule has 1 aromatic heterocycles. The van der Waals surface area contributed by atoms with E-state index < -0.39 is 0 Å². The number of fused-ring (bicyclic) bond motifs is 4. The smallest absolute Gasteiger partial charge is 0.260 e. The van der Waals surface area contributed by atoms with Crippen LogP contribution in [0.4, 0.5) is 10.3 Å². The van der Waals surface area contributed by atoms with Crippen LogP contribution in [0.1, 0.15) is 112 Å². The van der Waals surface area contributed by atoms with E-state index >= 15 is 0 Å². The third-order valence-electron chi connectivity index (χ3n) is 8.99. The first kappa shape index (κ1) is 21.3. The molecule has 176 valence electrons. The number of hydrogen-bond donors (Lipinski definition) is 0. The van der Waals surface area contributed by atoms with E-state index in [1.807, 2.05) is 4.90 Å². The van der Waals surface area contributed by atoms with E-state index in [4.69, 9.17) is 10.1 Å². The quantitative estimate of drug-likeness (QED) is 0.536. The second-order valence-corrected chi connectivity index (χ2v) is 10.8. The number of amides is 1. The average Bonchev–Trinajstić information content (AvgIpc) is 3.32. The van der Waals surface area contributed by atoms with Crippen molar-refractivity contribution >= 4 is 11.9 Å². The molecule has 5 nitrogen and oxygen atoms in total. The Morgan fingerprint density at radius 2 is 1.55 bits per heavy atom. The highest BCUT2D eigenvalue weighted by atomic mass is 19.1. The second kappa shape index (κ2) is 8.52. The summed E-state index contributed by atoms with van der Waals surface area (Å²) < 4.78 is 15.8. The topological polar surface area (TPSA) is 51.0 Å². The lowest BCUT2D eigenvalue weighted by Gasteiger charge is -2.55. The van der Waals surface area contributed by atoms with E-state index in [0.29, 0.717) is 17.4 Å². The van der Waals surface area contributed by atoms with Gasteiger partial charge in [0.15, 0.2) is 5.82 Å². The standard InChI is InChI=1S/C27H35FN4O/c28-21-15-13-20(14-16-21)25(33)31-23-12-6-5-11-22(23)27(17-7-2-8-18-27)32-26(31)29-24(30-32)19-9-3-1-4-10-19/h13-16,19,22-23H,1-12,17-18H2. The highest BCUT2D eigenvalue weighted by Crippen LogP contribution is 2.53. The molecule has 0 bridgehead atoms. The average molecular weight is 451 g/mol. The van der Waals surface area contributed by atoms with E-state index in [9.17, 15) is 9.18 Å². The van der Waals surface area contributed by atoms with Gasteiger partial charge in [0.05, 0.1) is 5.54 Å². The van der Waals surface area contributed by atoms with Gasteiger partial charge in [-0.15, -0.1) is 0 Å². The number of benzene rings is 1. The van der Waals surface area contributed by atoms with Crippen molar-refractivity contribution in [2.24, 2.45) is 5.92 Å². The fourth-order valence-electron chi connectivity index (χ4n) is 7.38. The fraction of sp³-hybridized carbons (Fsp3) is 0.667. The predicted octanol–water partition coefficient (Wildman–Crippen LogP) is 6.34. The van der Waals surface area contributed by atoms with Gasteiger partial charge >= 0.3 is 0 Å². The molecule has 2 atom stereocenters. The first-order chi connectivity index (χ1) is 16.2. The van der Waals surface area contributed by atoms with Gasteiger partial charge in [0, 0.05) is 23.4 Å². The molecular formula is C27H35FN4O. The number of hydrogen-bond acceptors (Lipinski definition) is 3. The molecule has 3 saturated carbocycles. The van der Waals surface area contributed by atoms with Crippen molar-refractivity contribution in [1.82, 2.24) is 14.8 Å². The SMILES string of the molecule is O=C(c1ccc(F)cc1)N1c2nc(C3CCCCC3)nn2C2(CCCCC2)C2CCCCC21. The molecule has 1 spiro atoms. The molecule has 2 aromatic rings. The number of halogens is 1. The highest BCUT2D eigenvalue weighted by molar-refractivity contribution is 6.05. The van der Waals surface area contributed by atoms with Gasteiger partial charge in [-0.25, -0.2) is 9.07 Å². The Balaban J connectivity index is 1.49. The third kappa shape index (κ3) is 3.52. The van der Waals surface area contributed by atoms with Crippen LogP contribution in [0.3, 0.4) is 0 Å². The van der Waals surface area contributed by atoms with Gasteiger partial charge < -0.3 is 0 Å². The van der Waals surface area contributed by atoms with Crippen molar-refractivity contribution in [3.8, 4) is 0 Å². The van der Waals surface area contributed by atoms with Gasteiger partial charge in [0.1, 0.15) is 5.82 Å². The molecule has 1 aliphatic heterocycles. The zero-order chi connectivity index (χ0) is 22.4. The summed E-state index contributed by atoms with van der Waals surface area (Å²) in [7, 11) is 0. The van der Waals surface area contributed by atoms with Crippen LogP contribution in [-0.2, 0) is 5.54 Å². The minimum Gasteiger partial charge on any atom is -0.273 e. The molecule has 6 heteroatoms. The number of carbonyl (C=O) groups is 1. The van der Waals surface area contributed by atoms with E-state index in [2.05, 4.69) is 4.68 Å². The molecule has 0 radical (unpaired) electrons. The first-order valence-corrected chi connectivity index (χ1v) is 13.2. The highest BCUT2D eigenvalue weighted by Gasteiger charge is 2.55. The Morgan fingerprint density at radius 3 is 2.30 bits per heavy atom. The third-order valence-corrected chi connectivity index (χ3v) is 8.99. The van der Waals surface area contributed by atoms with E-state index in [1.165, 1.54) is 57.1 Å². The van der Waals surface area contributed by atoms with Crippen molar-refractivity contribution in [2.75, 3.05) is 4.90 Å². The van der Waals surface area contributed by atoms with Gasteiger partial charge in [-0.3, -0.25) is 9.69 Å². The van der Waals surface area contributed by atoms with Crippen molar-refractivity contribution < 1.29 is 9.18 Å². The Labute approximate surface area is 195 Å². The molecule has 1 amide bonds. The van der Waals surface area contributed by atoms with Gasteiger partial charge in [0.25, 0.3) is 5.91 Å². The number of rotatable bonds is 2. The van der Waals surface area contributed by atoms with Gasteiger partial charge in [-0.05, 0) is 62.8 Å². The van der Waals surface area contributed by atoms with Gasteiger partial charge in [-0.2, -0.15) is 10.1 Å². The molecule has 33 heavy (non-hydrogen) atoms. The van der Waals surface area contributed by atoms with Crippen LogP contribution in [-0.4, -0.2) is 26.7 Å². The summed E-state index contributed by atoms with van der Waals surface area (Å²) in [5.74, 6) is 2.16. The van der Waals surface area contributed by atoms with Crippen molar-refractivity contribution in [3.05, 3.63) is 41.5 Å². The Morgan fingerprint density at radius 1 is 0.879 bits per heavy atom. The maximum Gasteiger partial charge on any atom is 0.260 e. The van der Waals surface area contributed by atoms with Gasteiger partial charge in [-0.1, -0.05) is 51.4 Å². The zero-order valence-corrected chi connectivity index (χ0v) is 19.5. The van der Waals surface area contributed by atoms with Crippen molar-refractivity contribution in [2.45, 2.75) is 107 Å². The summed E-state index contributed by atoms with van der Waals surface area (Å²) in [4.78, 5) is 21.0. The first-order valence-electron chi connectivity index (χ1n) is 13.2. The molecule has 2 unspecified atom stereocenters. The normalized spacial score (nSPS) is 27.2. The van der Waals surface area contributed by atoms with Gasteiger partial charge in [0.2, 0.25) is 5.95 Å². The van der Waals surface area contributed by atoms with Crippen LogP contribution < -0.4 is 4.90 Å². The summed E-state index contributed by atoms with van der Waals surface area (Å²) >= 11 is 0. The molecule has 0 N–H and O–H groups in total. The summed E-state index contributed by atoms with van der Waals surface area (Å²) in [6.07, 6.45) is 16.7. The summed E-state index contributed by atoms with van der Waals surface area (Å²) in [6, 6.07) is 6.16. The molecule has 0 saturated heterocycles. The molecule has 6 rings (SSSR count). The largest absolute Gasteiger partial charge is 0.273 e. The number of carbonyl (C=O) groups excluding carboxylic acids is 1. The molecule has 4 aliphatic rings. The number of anilines is 1. The van der Waals surface area contributed by atoms with Crippen molar-refractivity contribution in [3.63, 3.8) is 0 Å². The lowest BCUT2D eigenvalue weighted by Crippen LogP contribution is -2.61.